The van der Waals surface area contributed by atoms with E-state index in [2.05, 4.69) is 23.3 Å². The molecule has 1 aliphatic rings. The standard InChI is InChI=1S/C38H34FN3O5S/c1-19-14-27-35(48-36(41-27)23-9-7-8-21(15-23)22-10-11-28-24(16-22)18-40-42(28)6)32(30(19)34(37(44)45)47-38(3,4)5)25-17-26(39)33-31(20(25)2)29(43)12-13-46-33/h7-11,14-18,34H,12-13H2,1-6H3,(H,44,45)/t34-/m0/s1. The van der Waals surface area contributed by atoms with Crippen molar-refractivity contribution < 1.29 is 28.6 Å². The number of hydrogen-bond acceptors (Lipinski definition) is 7. The first-order valence-corrected chi connectivity index (χ1v) is 16.5. The fraction of sp³-hybridized carbons (Fsp3) is 0.263. The molecule has 6 aromatic rings. The van der Waals surface area contributed by atoms with Crippen molar-refractivity contribution in [2.45, 2.75) is 52.7 Å². The second-order valence-corrected chi connectivity index (χ2v) is 14.2. The number of ketones is 1. The fourth-order valence-electron chi connectivity index (χ4n) is 6.53. The first kappa shape index (κ1) is 31.7. The number of carboxylic acids is 1. The van der Waals surface area contributed by atoms with Crippen LogP contribution in [0.1, 0.15) is 60.3 Å². The molecule has 2 aromatic heterocycles. The number of benzene rings is 4. The molecule has 4 aromatic carbocycles. The summed E-state index contributed by atoms with van der Waals surface area (Å²) in [6.45, 7) is 9.05. The molecule has 1 N–H and O–H groups in total. The number of aliphatic carboxylic acids is 1. The minimum absolute atomic E-state index is 0.0649. The number of carboxylic acid groups (broad SMARTS) is 1. The van der Waals surface area contributed by atoms with Crippen LogP contribution in [-0.2, 0) is 16.6 Å². The Morgan fingerprint density at radius 1 is 1.06 bits per heavy atom. The SMILES string of the molecule is Cc1cc2nc(-c3cccc(-c4ccc5c(cnn5C)c4)c3)sc2c(-c2cc(F)c3c(c2C)C(=O)CCO3)c1[C@H](OC(C)(C)C)C(=O)O. The van der Waals surface area contributed by atoms with E-state index in [1.54, 1.807) is 27.7 Å². The Morgan fingerprint density at radius 2 is 1.81 bits per heavy atom. The molecular weight excluding hydrogens is 629 g/mol. The first-order valence-electron chi connectivity index (χ1n) is 15.7. The molecule has 0 aliphatic carbocycles. The van der Waals surface area contributed by atoms with Crippen LogP contribution in [0.4, 0.5) is 4.39 Å². The lowest BCUT2D eigenvalue weighted by molar-refractivity contribution is -0.160. The number of aryl methyl sites for hydroxylation is 2. The molecule has 0 saturated carbocycles. The predicted octanol–water partition coefficient (Wildman–Crippen LogP) is 8.85. The summed E-state index contributed by atoms with van der Waals surface area (Å²) in [5.41, 5.74) is 6.41. The van der Waals surface area contributed by atoms with E-state index in [9.17, 15) is 14.7 Å². The summed E-state index contributed by atoms with van der Waals surface area (Å²) in [5, 5.41) is 16.6. The highest BCUT2D eigenvalue weighted by Gasteiger charge is 2.35. The van der Waals surface area contributed by atoms with Crippen molar-refractivity contribution in [3.8, 4) is 38.6 Å². The zero-order valence-electron chi connectivity index (χ0n) is 27.5. The second-order valence-electron chi connectivity index (χ2n) is 13.2. The number of rotatable bonds is 6. The van der Waals surface area contributed by atoms with Gasteiger partial charge in [0.1, 0.15) is 5.01 Å². The molecule has 0 amide bonds. The summed E-state index contributed by atoms with van der Waals surface area (Å²) in [6.07, 6.45) is 0.606. The van der Waals surface area contributed by atoms with Crippen LogP contribution in [-0.4, -0.2) is 43.8 Å². The average Bonchev–Trinajstić information content (AvgIpc) is 3.63. The molecule has 3 heterocycles. The quantitative estimate of drug-likeness (QED) is 0.190. The van der Waals surface area contributed by atoms with Gasteiger partial charge in [0.15, 0.2) is 23.5 Å². The van der Waals surface area contributed by atoms with Gasteiger partial charge in [-0.25, -0.2) is 14.2 Å². The molecule has 48 heavy (non-hydrogen) atoms. The van der Waals surface area contributed by atoms with Crippen LogP contribution in [0.3, 0.4) is 0 Å². The van der Waals surface area contributed by atoms with Crippen LogP contribution in [0, 0.1) is 19.7 Å². The number of ether oxygens (including phenoxy) is 2. The van der Waals surface area contributed by atoms with Gasteiger partial charge in [0.25, 0.3) is 0 Å². The first-order chi connectivity index (χ1) is 22.8. The normalized spacial score (nSPS) is 13.9. The van der Waals surface area contributed by atoms with Crippen LogP contribution in [0.25, 0.3) is 53.9 Å². The van der Waals surface area contributed by atoms with Crippen molar-refractivity contribution in [2.24, 2.45) is 7.05 Å². The van der Waals surface area contributed by atoms with E-state index in [4.69, 9.17) is 14.5 Å². The Balaban J connectivity index is 1.47. The maximum atomic E-state index is 15.8. The maximum absolute atomic E-state index is 15.8. The maximum Gasteiger partial charge on any atom is 0.337 e. The predicted molar refractivity (Wildman–Crippen MR) is 185 cm³/mol. The molecule has 0 radical (unpaired) electrons. The third-order valence-electron chi connectivity index (χ3n) is 8.69. The molecule has 8 nitrogen and oxygen atoms in total. The van der Waals surface area contributed by atoms with Gasteiger partial charge in [0.2, 0.25) is 0 Å². The van der Waals surface area contributed by atoms with E-state index < -0.39 is 23.5 Å². The Morgan fingerprint density at radius 3 is 2.56 bits per heavy atom. The van der Waals surface area contributed by atoms with Crippen molar-refractivity contribution in [1.82, 2.24) is 14.8 Å². The highest BCUT2D eigenvalue weighted by Crippen LogP contribution is 2.47. The van der Waals surface area contributed by atoms with Crippen molar-refractivity contribution in [2.75, 3.05) is 6.61 Å². The molecule has 1 aliphatic heterocycles. The smallest absolute Gasteiger partial charge is 0.337 e. The summed E-state index contributed by atoms with van der Waals surface area (Å²) < 4.78 is 30.0. The van der Waals surface area contributed by atoms with Crippen LogP contribution >= 0.6 is 11.3 Å². The third kappa shape index (κ3) is 5.44. The van der Waals surface area contributed by atoms with Crippen molar-refractivity contribution in [3.63, 3.8) is 0 Å². The van der Waals surface area contributed by atoms with Gasteiger partial charge >= 0.3 is 5.97 Å². The topological polar surface area (TPSA) is 104 Å². The summed E-state index contributed by atoms with van der Waals surface area (Å²) >= 11 is 1.39. The van der Waals surface area contributed by atoms with Gasteiger partial charge in [0, 0.05) is 35.5 Å². The van der Waals surface area contributed by atoms with Crippen LogP contribution in [0.15, 0.2) is 60.8 Å². The van der Waals surface area contributed by atoms with E-state index in [0.29, 0.717) is 43.0 Å². The Bertz CT molecular complexity index is 2300. The van der Waals surface area contributed by atoms with E-state index >= 15 is 4.39 Å². The van der Waals surface area contributed by atoms with Crippen LogP contribution in [0.5, 0.6) is 5.75 Å². The highest BCUT2D eigenvalue weighted by atomic mass is 32.1. The van der Waals surface area contributed by atoms with Gasteiger partial charge in [-0.3, -0.25) is 9.48 Å². The van der Waals surface area contributed by atoms with Gasteiger partial charge in [0.05, 0.1) is 39.7 Å². The van der Waals surface area contributed by atoms with Crippen molar-refractivity contribution in [3.05, 3.63) is 88.9 Å². The van der Waals surface area contributed by atoms with Gasteiger partial charge in [-0.2, -0.15) is 5.10 Å². The van der Waals surface area contributed by atoms with Gasteiger partial charge in [-0.05, 0) is 92.8 Å². The third-order valence-corrected chi connectivity index (χ3v) is 9.83. The largest absolute Gasteiger partial charge is 0.489 e. The second kappa shape index (κ2) is 11.6. The molecular formula is C38H34FN3O5S. The molecule has 7 rings (SSSR count). The minimum atomic E-state index is -1.37. The molecule has 0 fully saturated rings. The number of Topliss-reactive ketones (excluding diaryl/α,β-unsaturated/α-hetero) is 1. The number of carbonyl (C=O) groups excluding carboxylic acids is 1. The van der Waals surface area contributed by atoms with Crippen LogP contribution in [0.2, 0.25) is 0 Å². The van der Waals surface area contributed by atoms with Crippen molar-refractivity contribution >= 4 is 44.2 Å². The minimum Gasteiger partial charge on any atom is -0.489 e. The zero-order chi connectivity index (χ0) is 34.1. The monoisotopic (exact) mass is 663 g/mol. The Kier molecular flexibility index (Phi) is 7.68. The summed E-state index contributed by atoms with van der Waals surface area (Å²) in [6, 6.07) is 17.5. The average molecular weight is 664 g/mol. The number of fused-ring (bicyclic) bond motifs is 3. The number of thiazole rings is 1. The van der Waals surface area contributed by atoms with Crippen molar-refractivity contribution in [1.29, 1.82) is 0 Å². The fourth-order valence-corrected chi connectivity index (χ4v) is 7.65. The Labute approximate surface area is 280 Å². The molecule has 244 valence electrons. The lowest BCUT2D eigenvalue weighted by atomic mass is 9.86. The van der Waals surface area contributed by atoms with E-state index in [-0.39, 0.29) is 30.1 Å². The number of halogens is 1. The van der Waals surface area contributed by atoms with Gasteiger partial charge < -0.3 is 14.6 Å². The molecule has 10 heteroatoms. The van der Waals surface area contributed by atoms with E-state index in [1.807, 2.05) is 55.2 Å². The molecule has 0 saturated heterocycles. The number of carbonyl (C=O) groups is 2. The molecule has 0 spiro atoms. The van der Waals surface area contributed by atoms with Crippen LogP contribution < -0.4 is 4.74 Å². The van der Waals surface area contributed by atoms with Gasteiger partial charge in [-0.1, -0.05) is 24.3 Å². The molecule has 0 unspecified atom stereocenters. The Hall–Kier alpha value is -4.93. The number of aromatic nitrogens is 3. The van der Waals surface area contributed by atoms with E-state index in [0.717, 1.165) is 27.6 Å². The number of hydrogen-bond donors (Lipinski definition) is 1. The zero-order valence-corrected chi connectivity index (χ0v) is 28.3. The van der Waals surface area contributed by atoms with E-state index in [1.165, 1.54) is 17.4 Å². The highest BCUT2D eigenvalue weighted by molar-refractivity contribution is 7.22. The summed E-state index contributed by atoms with van der Waals surface area (Å²) in [5.74, 6) is -2.13. The number of nitrogens with zero attached hydrogens (tertiary/aromatic N) is 3. The summed E-state index contributed by atoms with van der Waals surface area (Å²) in [4.78, 5) is 31.0. The lowest BCUT2D eigenvalue weighted by Crippen LogP contribution is -2.28. The molecule has 1 atom stereocenters. The van der Waals surface area contributed by atoms with Gasteiger partial charge in [-0.15, -0.1) is 11.3 Å². The summed E-state index contributed by atoms with van der Waals surface area (Å²) in [7, 11) is 1.91. The lowest BCUT2D eigenvalue weighted by Gasteiger charge is -2.29. The molecule has 0 bridgehead atoms.